The van der Waals surface area contributed by atoms with Gasteiger partial charge in [0.2, 0.25) is 0 Å². The van der Waals surface area contributed by atoms with E-state index in [1.165, 1.54) is 13.3 Å². The topological polar surface area (TPSA) is 86.2 Å². The fraction of sp³-hybridized carbons (Fsp3) is 0.250. The molecule has 7 nitrogen and oxygen atoms in total. The number of carbonyl (C=O) groups is 2. The van der Waals surface area contributed by atoms with E-state index in [0.29, 0.717) is 27.1 Å². The number of nitrogens with zero attached hydrogens (tertiary/aromatic N) is 1. The van der Waals surface area contributed by atoms with Gasteiger partial charge in [0.15, 0.2) is 18.1 Å². The van der Waals surface area contributed by atoms with E-state index in [2.05, 4.69) is 26.5 Å². The molecule has 0 saturated heterocycles. The molecule has 0 aliphatic carbocycles. The van der Waals surface area contributed by atoms with Gasteiger partial charge in [-0.3, -0.25) is 4.79 Å². The Morgan fingerprint density at radius 1 is 1.25 bits per heavy atom. The summed E-state index contributed by atoms with van der Waals surface area (Å²) in [5.41, 5.74) is 4.58. The maximum atomic E-state index is 12.2. The lowest BCUT2D eigenvalue weighted by molar-refractivity contribution is -0.145. The van der Waals surface area contributed by atoms with Gasteiger partial charge in [-0.1, -0.05) is 18.2 Å². The number of esters is 1. The first-order chi connectivity index (χ1) is 13.5. The van der Waals surface area contributed by atoms with Gasteiger partial charge < -0.3 is 14.2 Å². The molecule has 0 spiro atoms. The molecule has 1 amide bonds. The SMILES string of the molecule is CCOC(=O)COc1c(Br)cc(/C=N/NC(=O)c2ccccc2C)cc1OC. The molecule has 0 saturated carbocycles. The highest BCUT2D eigenvalue weighted by atomic mass is 79.9. The molecule has 0 fully saturated rings. The molecule has 2 aromatic carbocycles. The second-order valence-electron chi connectivity index (χ2n) is 5.64. The molecule has 28 heavy (non-hydrogen) atoms. The zero-order chi connectivity index (χ0) is 20.5. The average Bonchev–Trinajstić information content (AvgIpc) is 2.67. The van der Waals surface area contributed by atoms with Gasteiger partial charge in [-0.2, -0.15) is 5.10 Å². The largest absolute Gasteiger partial charge is 0.493 e. The lowest BCUT2D eigenvalue weighted by atomic mass is 10.1. The van der Waals surface area contributed by atoms with Crippen molar-refractivity contribution < 1.29 is 23.8 Å². The fourth-order valence-electron chi connectivity index (χ4n) is 2.34. The fourth-order valence-corrected chi connectivity index (χ4v) is 2.92. The van der Waals surface area contributed by atoms with Gasteiger partial charge in [-0.15, -0.1) is 0 Å². The molecule has 0 aromatic heterocycles. The molecule has 8 heteroatoms. The van der Waals surface area contributed by atoms with Gasteiger partial charge in [0.05, 0.1) is 24.4 Å². The van der Waals surface area contributed by atoms with E-state index in [4.69, 9.17) is 14.2 Å². The Bertz CT molecular complexity index is 883. The summed E-state index contributed by atoms with van der Waals surface area (Å²) in [6, 6.07) is 10.7. The quantitative estimate of drug-likeness (QED) is 0.379. The number of halogens is 1. The summed E-state index contributed by atoms with van der Waals surface area (Å²) in [6.45, 7) is 3.63. The predicted octanol–water partition coefficient (Wildman–Crippen LogP) is 3.47. The predicted molar refractivity (Wildman–Crippen MR) is 109 cm³/mol. The van der Waals surface area contributed by atoms with Crippen LogP contribution in [0.1, 0.15) is 28.4 Å². The van der Waals surface area contributed by atoms with E-state index in [1.807, 2.05) is 19.1 Å². The summed E-state index contributed by atoms with van der Waals surface area (Å²) in [4.78, 5) is 23.7. The molecule has 0 aliphatic rings. The number of hydrogen-bond donors (Lipinski definition) is 1. The van der Waals surface area contributed by atoms with Crippen LogP contribution in [0.25, 0.3) is 0 Å². The lowest BCUT2D eigenvalue weighted by Gasteiger charge is -2.13. The van der Waals surface area contributed by atoms with Crippen LogP contribution in [-0.2, 0) is 9.53 Å². The van der Waals surface area contributed by atoms with Crippen molar-refractivity contribution >= 4 is 34.0 Å². The van der Waals surface area contributed by atoms with E-state index in [-0.39, 0.29) is 19.1 Å². The van der Waals surface area contributed by atoms with Crippen molar-refractivity contribution in [2.75, 3.05) is 20.3 Å². The Morgan fingerprint density at radius 3 is 2.68 bits per heavy atom. The van der Waals surface area contributed by atoms with E-state index in [0.717, 1.165) is 5.56 Å². The van der Waals surface area contributed by atoms with E-state index in [1.54, 1.807) is 31.2 Å². The highest BCUT2D eigenvalue weighted by molar-refractivity contribution is 9.10. The molecule has 0 aliphatic heterocycles. The minimum Gasteiger partial charge on any atom is -0.493 e. The van der Waals surface area contributed by atoms with Gasteiger partial charge in [0, 0.05) is 5.56 Å². The number of methoxy groups -OCH3 is 1. The zero-order valence-electron chi connectivity index (χ0n) is 15.8. The van der Waals surface area contributed by atoms with E-state index >= 15 is 0 Å². The number of amides is 1. The van der Waals surface area contributed by atoms with Crippen molar-refractivity contribution in [3.8, 4) is 11.5 Å². The summed E-state index contributed by atoms with van der Waals surface area (Å²) in [5, 5.41) is 3.99. The first kappa shape index (κ1) is 21.4. The number of aryl methyl sites for hydroxylation is 1. The molecule has 0 bridgehead atoms. The maximum Gasteiger partial charge on any atom is 0.344 e. The number of benzene rings is 2. The Morgan fingerprint density at radius 2 is 2.00 bits per heavy atom. The smallest absolute Gasteiger partial charge is 0.344 e. The highest BCUT2D eigenvalue weighted by Crippen LogP contribution is 2.36. The van der Waals surface area contributed by atoms with Crippen LogP contribution in [0.3, 0.4) is 0 Å². The van der Waals surface area contributed by atoms with Crippen LogP contribution in [0, 0.1) is 6.92 Å². The van der Waals surface area contributed by atoms with Gasteiger partial charge >= 0.3 is 5.97 Å². The van der Waals surface area contributed by atoms with Crippen molar-refractivity contribution in [2.45, 2.75) is 13.8 Å². The summed E-state index contributed by atoms with van der Waals surface area (Å²) < 4.78 is 16.2. The average molecular weight is 449 g/mol. The third-order valence-electron chi connectivity index (χ3n) is 3.66. The van der Waals surface area contributed by atoms with Crippen molar-refractivity contribution in [3.63, 3.8) is 0 Å². The van der Waals surface area contributed by atoms with Crippen molar-refractivity contribution in [3.05, 3.63) is 57.6 Å². The second kappa shape index (κ2) is 10.5. The van der Waals surface area contributed by atoms with Crippen molar-refractivity contribution in [1.29, 1.82) is 0 Å². The van der Waals surface area contributed by atoms with E-state index in [9.17, 15) is 9.59 Å². The number of ether oxygens (including phenoxy) is 3. The monoisotopic (exact) mass is 448 g/mol. The summed E-state index contributed by atoms with van der Waals surface area (Å²) in [5.74, 6) is 0.0118. The molecular weight excluding hydrogens is 428 g/mol. The summed E-state index contributed by atoms with van der Waals surface area (Å²) in [6.07, 6.45) is 1.48. The summed E-state index contributed by atoms with van der Waals surface area (Å²) in [7, 11) is 1.49. The minimum absolute atomic E-state index is 0.233. The third-order valence-corrected chi connectivity index (χ3v) is 4.25. The lowest BCUT2D eigenvalue weighted by Crippen LogP contribution is -2.18. The molecule has 148 valence electrons. The highest BCUT2D eigenvalue weighted by Gasteiger charge is 2.14. The van der Waals surface area contributed by atoms with Gasteiger partial charge in [0.1, 0.15) is 0 Å². The van der Waals surface area contributed by atoms with Crippen LogP contribution in [0.5, 0.6) is 11.5 Å². The Kier molecular flexibility index (Phi) is 8.01. The van der Waals surface area contributed by atoms with Crippen molar-refractivity contribution in [1.82, 2.24) is 5.43 Å². The van der Waals surface area contributed by atoms with Crippen LogP contribution in [0.4, 0.5) is 0 Å². The molecule has 0 atom stereocenters. The first-order valence-electron chi connectivity index (χ1n) is 8.51. The zero-order valence-corrected chi connectivity index (χ0v) is 17.4. The van der Waals surface area contributed by atoms with Gasteiger partial charge in [0.25, 0.3) is 5.91 Å². The number of hydrogen-bond acceptors (Lipinski definition) is 6. The summed E-state index contributed by atoms with van der Waals surface area (Å²) >= 11 is 3.39. The van der Waals surface area contributed by atoms with Crippen LogP contribution in [0.15, 0.2) is 46.0 Å². The second-order valence-corrected chi connectivity index (χ2v) is 6.50. The molecule has 0 radical (unpaired) electrons. The maximum absolute atomic E-state index is 12.2. The van der Waals surface area contributed by atoms with Gasteiger partial charge in [-0.05, 0) is 59.1 Å². The van der Waals surface area contributed by atoms with E-state index < -0.39 is 5.97 Å². The Hall–Kier alpha value is -2.87. The number of rotatable bonds is 8. The molecule has 0 unspecified atom stereocenters. The van der Waals surface area contributed by atoms with Crippen LogP contribution < -0.4 is 14.9 Å². The Balaban J connectivity index is 2.09. The standard InChI is InChI=1S/C20H21BrN2O5/c1-4-27-18(24)12-28-19-16(21)9-14(10-17(19)26-3)11-22-23-20(25)15-8-6-5-7-13(15)2/h5-11H,4,12H2,1-3H3,(H,23,25)/b22-11+. The number of nitrogens with one attached hydrogen (secondary N) is 1. The third kappa shape index (κ3) is 5.82. The molecular formula is C20H21BrN2O5. The molecule has 1 N–H and O–H groups in total. The number of hydrazone groups is 1. The first-order valence-corrected chi connectivity index (χ1v) is 9.30. The van der Waals surface area contributed by atoms with Gasteiger partial charge in [-0.25, -0.2) is 10.2 Å². The normalized spacial score (nSPS) is 10.6. The molecule has 0 heterocycles. The van der Waals surface area contributed by atoms with Crippen LogP contribution in [0.2, 0.25) is 0 Å². The number of carbonyl (C=O) groups excluding carboxylic acids is 2. The minimum atomic E-state index is -0.471. The molecule has 2 aromatic rings. The molecule has 2 rings (SSSR count). The van der Waals surface area contributed by atoms with Crippen LogP contribution in [-0.4, -0.2) is 38.4 Å². The van der Waals surface area contributed by atoms with Crippen LogP contribution >= 0.6 is 15.9 Å². The Labute approximate surface area is 171 Å². The van der Waals surface area contributed by atoms with Crippen molar-refractivity contribution in [2.24, 2.45) is 5.10 Å².